The Labute approximate surface area is 121 Å². The van der Waals surface area contributed by atoms with E-state index < -0.39 is 5.97 Å². The lowest BCUT2D eigenvalue weighted by Gasteiger charge is -2.14. The molecule has 1 aromatic heterocycles. The SMILES string of the molecule is CCSCCC(C)n1c(=O)[nH]c2cccc(C(=O)O)c21. The molecule has 0 spiro atoms. The zero-order valence-electron chi connectivity index (χ0n) is 11.5. The average molecular weight is 294 g/mol. The molecule has 1 heterocycles. The van der Waals surface area contributed by atoms with Crippen LogP contribution in [0.3, 0.4) is 0 Å². The van der Waals surface area contributed by atoms with Crippen LogP contribution in [0.5, 0.6) is 0 Å². The Balaban J connectivity index is 2.49. The van der Waals surface area contributed by atoms with Crippen LogP contribution in [0.4, 0.5) is 0 Å². The van der Waals surface area contributed by atoms with Crippen LogP contribution >= 0.6 is 11.8 Å². The highest BCUT2D eigenvalue weighted by Crippen LogP contribution is 2.22. The van der Waals surface area contributed by atoms with Gasteiger partial charge in [0.15, 0.2) is 0 Å². The molecule has 6 heteroatoms. The first-order chi connectivity index (χ1) is 9.56. The van der Waals surface area contributed by atoms with Gasteiger partial charge < -0.3 is 10.1 Å². The van der Waals surface area contributed by atoms with Crippen molar-refractivity contribution in [1.82, 2.24) is 9.55 Å². The molecule has 0 saturated carbocycles. The number of aromatic amines is 1. The van der Waals surface area contributed by atoms with Crippen molar-refractivity contribution in [2.45, 2.75) is 26.3 Å². The highest BCUT2D eigenvalue weighted by Gasteiger charge is 2.18. The molecule has 1 aromatic carbocycles. The Bertz CT molecular complexity index is 675. The molecule has 0 aliphatic carbocycles. The van der Waals surface area contributed by atoms with E-state index >= 15 is 0 Å². The van der Waals surface area contributed by atoms with E-state index in [2.05, 4.69) is 11.9 Å². The maximum Gasteiger partial charge on any atom is 0.337 e. The minimum atomic E-state index is -1.02. The van der Waals surface area contributed by atoms with Gasteiger partial charge in [-0.15, -0.1) is 0 Å². The highest BCUT2D eigenvalue weighted by molar-refractivity contribution is 7.99. The number of H-pyrrole nitrogens is 1. The third-order valence-corrected chi connectivity index (χ3v) is 4.23. The van der Waals surface area contributed by atoms with Gasteiger partial charge in [0, 0.05) is 6.04 Å². The lowest BCUT2D eigenvalue weighted by molar-refractivity contribution is 0.0698. The molecule has 0 amide bonds. The normalized spacial score (nSPS) is 12.7. The van der Waals surface area contributed by atoms with Crippen molar-refractivity contribution in [2.75, 3.05) is 11.5 Å². The Kier molecular flexibility index (Phi) is 4.54. The third kappa shape index (κ3) is 2.75. The van der Waals surface area contributed by atoms with Gasteiger partial charge in [-0.3, -0.25) is 4.57 Å². The van der Waals surface area contributed by atoms with Crippen LogP contribution in [0, 0.1) is 0 Å². The number of para-hydroxylation sites is 1. The minimum Gasteiger partial charge on any atom is -0.478 e. The second-order valence-electron chi connectivity index (χ2n) is 4.64. The fourth-order valence-corrected chi connectivity index (χ4v) is 3.10. The van der Waals surface area contributed by atoms with Crippen molar-refractivity contribution in [3.63, 3.8) is 0 Å². The van der Waals surface area contributed by atoms with Gasteiger partial charge in [-0.1, -0.05) is 13.0 Å². The van der Waals surface area contributed by atoms with Crippen molar-refractivity contribution in [3.8, 4) is 0 Å². The number of imidazole rings is 1. The zero-order valence-corrected chi connectivity index (χ0v) is 12.4. The second-order valence-corrected chi connectivity index (χ2v) is 6.04. The molecule has 20 heavy (non-hydrogen) atoms. The first kappa shape index (κ1) is 14.7. The number of thioether (sulfide) groups is 1. The van der Waals surface area contributed by atoms with Gasteiger partial charge >= 0.3 is 11.7 Å². The topological polar surface area (TPSA) is 75.1 Å². The van der Waals surface area contributed by atoms with Gasteiger partial charge in [0.05, 0.1) is 16.6 Å². The van der Waals surface area contributed by atoms with E-state index in [1.807, 2.05) is 18.7 Å². The zero-order chi connectivity index (χ0) is 14.7. The number of rotatable bonds is 6. The number of aromatic carboxylic acids is 1. The Morgan fingerprint density at radius 2 is 2.25 bits per heavy atom. The molecule has 2 aromatic rings. The molecule has 0 aliphatic rings. The van der Waals surface area contributed by atoms with E-state index in [1.54, 1.807) is 16.7 Å². The van der Waals surface area contributed by atoms with Gasteiger partial charge in [0.25, 0.3) is 0 Å². The molecule has 1 unspecified atom stereocenters. The molecule has 0 saturated heterocycles. The summed E-state index contributed by atoms with van der Waals surface area (Å²) >= 11 is 1.81. The van der Waals surface area contributed by atoms with Crippen LogP contribution in [-0.2, 0) is 0 Å². The highest BCUT2D eigenvalue weighted by atomic mass is 32.2. The van der Waals surface area contributed by atoms with Crippen LogP contribution in [0.2, 0.25) is 0 Å². The lowest BCUT2D eigenvalue weighted by atomic mass is 10.1. The average Bonchev–Trinajstić information content (AvgIpc) is 2.74. The molecule has 5 nitrogen and oxygen atoms in total. The molecular formula is C14H18N2O3S. The van der Waals surface area contributed by atoms with Crippen LogP contribution in [0.1, 0.15) is 36.7 Å². The van der Waals surface area contributed by atoms with Crippen molar-refractivity contribution < 1.29 is 9.90 Å². The van der Waals surface area contributed by atoms with Gasteiger partial charge in [-0.2, -0.15) is 11.8 Å². The Morgan fingerprint density at radius 3 is 2.90 bits per heavy atom. The standard InChI is InChI=1S/C14H18N2O3S/c1-3-20-8-7-9(2)16-12-10(13(17)18)5-4-6-11(12)15-14(16)19/h4-6,9H,3,7-8H2,1-2H3,(H,15,19)(H,17,18). The maximum atomic E-state index is 12.1. The maximum absolute atomic E-state index is 12.1. The van der Waals surface area contributed by atoms with Crippen LogP contribution in [-0.4, -0.2) is 32.1 Å². The van der Waals surface area contributed by atoms with E-state index in [4.69, 9.17) is 0 Å². The van der Waals surface area contributed by atoms with E-state index in [0.717, 1.165) is 17.9 Å². The van der Waals surface area contributed by atoms with Crippen LogP contribution < -0.4 is 5.69 Å². The minimum absolute atomic E-state index is 0.0317. The van der Waals surface area contributed by atoms with Crippen molar-refractivity contribution in [3.05, 3.63) is 34.2 Å². The summed E-state index contributed by atoms with van der Waals surface area (Å²) in [5.74, 6) is 0.973. The first-order valence-corrected chi connectivity index (χ1v) is 7.76. The van der Waals surface area contributed by atoms with Gasteiger partial charge in [-0.05, 0) is 37.0 Å². The molecule has 0 bridgehead atoms. The van der Waals surface area contributed by atoms with Gasteiger partial charge in [-0.25, -0.2) is 9.59 Å². The summed E-state index contributed by atoms with van der Waals surface area (Å²) in [6, 6.07) is 4.87. The molecule has 2 N–H and O–H groups in total. The number of fused-ring (bicyclic) bond motifs is 1. The number of nitrogens with one attached hydrogen (secondary N) is 1. The summed E-state index contributed by atoms with van der Waals surface area (Å²) in [5, 5.41) is 9.28. The summed E-state index contributed by atoms with van der Waals surface area (Å²) in [6.45, 7) is 4.04. The molecule has 0 radical (unpaired) electrons. The molecule has 0 fully saturated rings. The van der Waals surface area contributed by atoms with Crippen molar-refractivity contribution in [2.24, 2.45) is 0 Å². The summed E-state index contributed by atoms with van der Waals surface area (Å²) in [5.41, 5.74) is 0.974. The first-order valence-electron chi connectivity index (χ1n) is 6.60. The summed E-state index contributed by atoms with van der Waals surface area (Å²) in [6.07, 6.45) is 0.833. The number of benzene rings is 1. The van der Waals surface area contributed by atoms with E-state index in [0.29, 0.717) is 11.0 Å². The largest absolute Gasteiger partial charge is 0.478 e. The second kappa shape index (κ2) is 6.17. The predicted molar refractivity (Wildman–Crippen MR) is 81.8 cm³/mol. The van der Waals surface area contributed by atoms with Crippen molar-refractivity contribution in [1.29, 1.82) is 0 Å². The smallest absolute Gasteiger partial charge is 0.337 e. The van der Waals surface area contributed by atoms with E-state index in [9.17, 15) is 14.7 Å². The number of nitrogens with zero attached hydrogens (tertiary/aromatic N) is 1. The molecule has 108 valence electrons. The fourth-order valence-electron chi connectivity index (χ4n) is 2.30. The predicted octanol–water partition coefficient (Wildman–Crippen LogP) is 2.73. The lowest BCUT2D eigenvalue weighted by Crippen LogP contribution is -2.21. The summed E-state index contributed by atoms with van der Waals surface area (Å²) in [4.78, 5) is 26.2. The van der Waals surface area contributed by atoms with Crippen LogP contribution in [0.15, 0.2) is 23.0 Å². The number of carboxylic acids is 1. The Morgan fingerprint density at radius 1 is 1.50 bits per heavy atom. The van der Waals surface area contributed by atoms with E-state index in [-0.39, 0.29) is 17.3 Å². The monoisotopic (exact) mass is 294 g/mol. The number of carboxylic acid groups (broad SMARTS) is 1. The van der Waals surface area contributed by atoms with Gasteiger partial charge in [0.1, 0.15) is 0 Å². The fraction of sp³-hybridized carbons (Fsp3) is 0.429. The quantitative estimate of drug-likeness (QED) is 0.803. The molecule has 0 aliphatic heterocycles. The van der Waals surface area contributed by atoms with E-state index in [1.165, 1.54) is 6.07 Å². The third-order valence-electron chi connectivity index (χ3n) is 3.29. The summed E-state index contributed by atoms with van der Waals surface area (Å²) in [7, 11) is 0. The molecule has 2 rings (SSSR count). The molecular weight excluding hydrogens is 276 g/mol. The number of aromatic nitrogens is 2. The van der Waals surface area contributed by atoms with Crippen LogP contribution in [0.25, 0.3) is 11.0 Å². The van der Waals surface area contributed by atoms with Gasteiger partial charge in [0.2, 0.25) is 0 Å². The van der Waals surface area contributed by atoms with Crippen molar-refractivity contribution >= 4 is 28.8 Å². The summed E-state index contributed by atoms with van der Waals surface area (Å²) < 4.78 is 1.56. The number of carbonyl (C=O) groups is 1. The number of hydrogen-bond donors (Lipinski definition) is 2. The Hall–Kier alpha value is -1.69. The molecule has 1 atom stereocenters. The number of hydrogen-bond acceptors (Lipinski definition) is 3.